The van der Waals surface area contributed by atoms with Crippen LogP contribution in [0, 0.1) is 5.92 Å². The van der Waals surface area contributed by atoms with Crippen LogP contribution in [0.4, 0.5) is 0 Å². The van der Waals surface area contributed by atoms with E-state index in [1.165, 1.54) is 0 Å². The highest BCUT2D eigenvalue weighted by molar-refractivity contribution is 5.78. The first-order valence-electron chi connectivity index (χ1n) is 5.02. The summed E-state index contributed by atoms with van der Waals surface area (Å²) in [6.07, 6.45) is 4.06. The van der Waals surface area contributed by atoms with Crippen LogP contribution >= 0.6 is 0 Å². The number of carbonyl (C=O) groups is 1. The van der Waals surface area contributed by atoms with E-state index in [0.717, 1.165) is 25.7 Å². The Morgan fingerprint density at radius 3 is 2.38 bits per heavy atom. The summed E-state index contributed by atoms with van der Waals surface area (Å²) in [5.41, 5.74) is -0.304. The Labute approximate surface area is 79.5 Å². The molecule has 0 atom stereocenters. The van der Waals surface area contributed by atoms with Gasteiger partial charge in [0.05, 0.1) is 12.1 Å². The lowest BCUT2D eigenvalue weighted by Gasteiger charge is -2.28. The van der Waals surface area contributed by atoms with Crippen LogP contribution in [0.25, 0.3) is 0 Å². The summed E-state index contributed by atoms with van der Waals surface area (Å²) >= 11 is 0. The molecular weight excluding hydrogens is 166 g/mol. The van der Waals surface area contributed by atoms with E-state index in [4.69, 9.17) is 0 Å². The second kappa shape index (κ2) is 4.09. The zero-order valence-electron chi connectivity index (χ0n) is 8.47. The lowest BCUT2D eigenvalue weighted by molar-refractivity contribution is -0.126. The number of hydrogen-bond acceptors (Lipinski definition) is 2. The van der Waals surface area contributed by atoms with Gasteiger partial charge < -0.3 is 10.4 Å². The van der Waals surface area contributed by atoms with Gasteiger partial charge in [-0.05, 0) is 12.8 Å². The Hall–Kier alpha value is -0.570. The number of aliphatic hydroxyl groups is 1. The van der Waals surface area contributed by atoms with Crippen molar-refractivity contribution in [2.45, 2.75) is 45.1 Å². The molecule has 0 aromatic heterocycles. The standard InChI is InChI=1S/C10H19NO2/c1-8(2)9(13)11-10(7-12)5-3-4-6-10/h8,12H,3-7H2,1-2H3,(H,11,13). The number of hydrogen-bond donors (Lipinski definition) is 2. The third-order valence-corrected chi connectivity index (χ3v) is 2.78. The molecule has 1 rings (SSSR count). The summed E-state index contributed by atoms with van der Waals surface area (Å²) in [7, 11) is 0. The van der Waals surface area contributed by atoms with E-state index >= 15 is 0 Å². The summed E-state index contributed by atoms with van der Waals surface area (Å²) in [6, 6.07) is 0. The number of amides is 1. The van der Waals surface area contributed by atoms with Crippen LogP contribution in [0.2, 0.25) is 0 Å². The quantitative estimate of drug-likeness (QED) is 0.691. The molecule has 1 fully saturated rings. The average molecular weight is 185 g/mol. The highest BCUT2D eigenvalue weighted by atomic mass is 16.3. The molecule has 0 spiro atoms. The lowest BCUT2D eigenvalue weighted by atomic mass is 9.98. The summed E-state index contributed by atoms with van der Waals surface area (Å²) in [5, 5.41) is 12.2. The smallest absolute Gasteiger partial charge is 0.223 e. The van der Waals surface area contributed by atoms with Crippen molar-refractivity contribution in [3.63, 3.8) is 0 Å². The van der Waals surface area contributed by atoms with Crippen molar-refractivity contribution in [1.82, 2.24) is 5.32 Å². The van der Waals surface area contributed by atoms with Gasteiger partial charge in [0.1, 0.15) is 0 Å². The molecule has 76 valence electrons. The van der Waals surface area contributed by atoms with Crippen molar-refractivity contribution in [3.05, 3.63) is 0 Å². The SMILES string of the molecule is CC(C)C(=O)NC1(CO)CCCC1. The molecule has 2 N–H and O–H groups in total. The Balaban J connectivity index is 2.53. The average Bonchev–Trinajstić information content (AvgIpc) is 2.54. The van der Waals surface area contributed by atoms with E-state index in [9.17, 15) is 9.90 Å². The van der Waals surface area contributed by atoms with Gasteiger partial charge in [-0.25, -0.2) is 0 Å². The largest absolute Gasteiger partial charge is 0.394 e. The first-order chi connectivity index (χ1) is 6.09. The van der Waals surface area contributed by atoms with Gasteiger partial charge in [0.15, 0.2) is 0 Å². The third-order valence-electron chi connectivity index (χ3n) is 2.78. The maximum Gasteiger partial charge on any atom is 0.223 e. The minimum Gasteiger partial charge on any atom is -0.394 e. The predicted molar refractivity (Wildman–Crippen MR) is 51.3 cm³/mol. The van der Waals surface area contributed by atoms with Crippen molar-refractivity contribution >= 4 is 5.91 Å². The molecule has 0 aromatic carbocycles. The van der Waals surface area contributed by atoms with Crippen molar-refractivity contribution in [2.75, 3.05) is 6.61 Å². The highest BCUT2D eigenvalue weighted by Crippen LogP contribution is 2.29. The fourth-order valence-corrected chi connectivity index (χ4v) is 1.78. The number of rotatable bonds is 3. The minimum absolute atomic E-state index is 0.00373. The molecule has 0 bridgehead atoms. The lowest BCUT2D eigenvalue weighted by Crippen LogP contribution is -2.50. The van der Waals surface area contributed by atoms with Crippen molar-refractivity contribution in [3.8, 4) is 0 Å². The molecule has 1 amide bonds. The van der Waals surface area contributed by atoms with Crippen molar-refractivity contribution in [2.24, 2.45) is 5.92 Å². The maximum atomic E-state index is 11.4. The van der Waals surface area contributed by atoms with Crippen LogP contribution in [0.15, 0.2) is 0 Å². The fraction of sp³-hybridized carbons (Fsp3) is 0.900. The van der Waals surface area contributed by atoms with Gasteiger partial charge in [0.25, 0.3) is 0 Å². The van der Waals surface area contributed by atoms with E-state index < -0.39 is 0 Å². The molecule has 13 heavy (non-hydrogen) atoms. The summed E-state index contributed by atoms with van der Waals surface area (Å²) in [5.74, 6) is 0.0555. The Morgan fingerprint density at radius 2 is 2.00 bits per heavy atom. The van der Waals surface area contributed by atoms with Gasteiger partial charge in [-0.15, -0.1) is 0 Å². The van der Waals surface area contributed by atoms with Crippen LogP contribution in [0.5, 0.6) is 0 Å². The normalized spacial score (nSPS) is 20.6. The van der Waals surface area contributed by atoms with Gasteiger partial charge in [-0.3, -0.25) is 4.79 Å². The number of nitrogens with one attached hydrogen (secondary N) is 1. The fourth-order valence-electron chi connectivity index (χ4n) is 1.78. The summed E-state index contributed by atoms with van der Waals surface area (Å²) in [6.45, 7) is 3.82. The van der Waals surface area contributed by atoms with Gasteiger partial charge >= 0.3 is 0 Å². The van der Waals surface area contributed by atoms with Crippen LogP contribution in [-0.4, -0.2) is 23.2 Å². The minimum atomic E-state index is -0.304. The molecule has 0 radical (unpaired) electrons. The van der Waals surface area contributed by atoms with Crippen molar-refractivity contribution in [1.29, 1.82) is 0 Å². The zero-order chi connectivity index (χ0) is 9.90. The maximum absolute atomic E-state index is 11.4. The predicted octanol–water partition coefficient (Wildman–Crippen LogP) is 1.06. The molecule has 0 saturated heterocycles. The second-order valence-electron chi connectivity index (χ2n) is 4.29. The molecule has 1 aliphatic rings. The highest BCUT2D eigenvalue weighted by Gasteiger charge is 2.34. The molecule has 0 aliphatic heterocycles. The van der Waals surface area contributed by atoms with Crippen molar-refractivity contribution < 1.29 is 9.90 Å². The van der Waals surface area contributed by atoms with Crippen LogP contribution in [0.1, 0.15) is 39.5 Å². The first-order valence-corrected chi connectivity index (χ1v) is 5.02. The molecule has 0 unspecified atom stereocenters. The zero-order valence-corrected chi connectivity index (χ0v) is 8.47. The van der Waals surface area contributed by atoms with Gasteiger partial charge in [-0.2, -0.15) is 0 Å². The van der Waals surface area contributed by atoms with E-state index in [1.54, 1.807) is 0 Å². The molecule has 0 heterocycles. The second-order valence-corrected chi connectivity index (χ2v) is 4.29. The molecule has 3 nitrogen and oxygen atoms in total. The number of aliphatic hydroxyl groups excluding tert-OH is 1. The van der Waals surface area contributed by atoms with Crippen LogP contribution in [-0.2, 0) is 4.79 Å². The Morgan fingerprint density at radius 1 is 1.46 bits per heavy atom. The van der Waals surface area contributed by atoms with E-state index in [1.807, 2.05) is 13.8 Å². The molecule has 0 aromatic rings. The number of carbonyl (C=O) groups excluding carboxylic acids is 1. The van der Waals surface area contributed by atoms with Gasteiger partial charge in [0.2, 0.25) is 5.91 Å². The van der Waals surface area contributed by atoms with Crippen LogP contribution in [0.3, 0.4) is 0 Å². The van der Waals surface area contributed by atoms with E-state index in [2.05, 4.69) is 5.32 Å². The van der Waals surface area contributed by atoms with Gasteiger partial charge in [-0.1, -0.05) is 26.7 Å². The molecule has 1 saturated carbocycles. The summed E-state index contributed by atoms with van der Waals surface area (Å²) in [4.78, 5) is 11.4. The van der Waals surface area contributed by atoms with E-state index in [0.29, 0.717) is 0 Å². The Kier molecular flexibility index (Phi) is 3.31. The first kappa shape index (κ1) is 10.5. The summed E-state index contributed by atoms with van der Waals surface area (Å²) < 4.78 is 0. The Bertz CT molecular complexity index is 183. The monoisotopic (exact) mass is 185 g/mol. The molecule has 3 heteroatoms. The van der Waals surface area contributed by atoms with E-state index in [-0.39, 0.29) is 24.0 Å². The molecular formula is C10H19NO2. The van der Waals surface area contributed by atoms with Gasteiger partial charge in [0, 0.05) is 5.92 Å². The topological polar surface area (TPSA) is 49.3 Å². The molecule has 1 aliphatic carbocycles. The third kappa shape index (κ3) is 2.44. The van der Waals surface area contributed by atoms with Crippen LogP contribution < -0.4 is 5.32 Å².